The maximum Gasteiger partial charge on any atom is 0.294 e. The Morgan fingerprint density at radius 1 is 0.931 bits per heavy atom. The summed E-state index contributed by atoms with van der Waals surface area (Å²) in [5.41, 5.74) is 10.6. The van der Waals surface area contributed by atoms with Crippen LogP contribution >= 0.6 is 0 Å². The minimum absolute atomic E-state index is 0.130. The molecule has 3 aromatic carbocycles. The fraction of sp³-hybridized carbons (Fsp3) is 0.217. The van der Waals surface area contributed by atoms with Crippen LogP contribution in [-0.2, 0) is 16.7 Å². The van der Waals surface area contributed by atoms with Gasteiger partial charge in [-0.2, -0.15) is 8.42 Å². The second-order valence-corrected chi connectivity index (χ2v) is 8.25. The zero-order chi connectivity index (χ0) is 21.4. The first kappa shape index (κ1) is 22.5. The van der Waals surface area contributed by atoms with Crippen LogP contribution in [0.3, 0.4) is 0 Å². The molecule has 0 radical (unpaired) electrons. The number of anilines is 2. The van der Waals surface area contributed by atoms with E-state index in [9.17, 15) is 8.42 Å². The van der Waals surface area contributed by atoms with E-state index in [0.29, 0.717) is 11.3 Å². The van der Waals surface area contributed by atoms with Gasteiger partial charge in [0.15, 0.2) is 0 Å². The summed E-state index contributed by atoms with van der Waals surface area (Å²) in [4.78, 5) is 2.26. The van der Waals surface area contributed by atoms with Gasteiger partial charge in [0.1, 0.15) is 0 Å². The van der Waals surface area contributed by atoms with Crippen molar-refractivity contribution in [3.8, 4) is 0 Å². The topological polar surface area (TPSA) is 83.6 Å². The lowest BCUT2D eigenvalue weighted by atomic mass is 10.1. The van der Waals surface area contributed by atoms with Gasteiger partial charge in [0.2, 0.25) is 0 Å². The molecular formula is C23H28N2O3S. The highest BCUT2D eigenvalue weighted by Crippen LogP contribution is 2.18. The van der Waals surface area contributed by atoms with Crippen LogP contribution < -0.4 is 10.6 Å². The first-order valence-electron chi connectivity index (χ1n) is 9.40. The van der Waals surface area contributed by atoms with Gasteiger partial charge in [-0.3, -0.25) is 4.55 Å². The zero-order valence-corrected chi connectivity index (χ0v) is 17.9. The summed E-state index contributed by atoms with van der Waals surface area (Å²) >= 11 is 0. The summed E-state index contributed by atoms with van der Waals surface area (Å²) in [6.07, 6.45) is 0. The first-order valence-corrected chi connectivity index (χ1v) is 10.8. The smallest absolute Gasteiger partial charge is 0.294 e. The van der Waals surface area contributed by atoms with Gasteiger partial charge in [0.05, 0.1) is 4.90 Å². The van der Waals surface area contributed by atoms with Crippen LogP contribution in [0, 0.1) is 13.8 Å². The number of nitrogens with zero attached hydrogens (tertiary/aromatic N) is 1. The molecule has 0 aromatic heterocycles. The Kier molecular flexibility index (Phi) is 7.82. The summed E-state index contributed by atoms with van der Waals surface area (Å²) in [6, 6.07) is 23.3. The molecule has 0 aliphatic carbocycles. The number of nitrogens with two attached hydrogens (primary N) is 1. The molecule has 0 heterocycles. The molecule has 0 aliphatic heterocycles. The average Bonchev–Trinajstić information content (AvgIpc) is 2.69. The van der Waals surface area contributed by atoms with Crippen molar-refractivity contribution in [2.24, 2.45) is 0 Å². The molecule has 0 unspecified atom stereocenters. The highest BCUT2D eigenvalue weighted by atomic mass is 32.2. The van der Waals surface area contributed by atoms with Crippen LogP contribution in [0.4, 0.5) is 11.4 Å². The van der Waals surface area contributed by atoms with Crippen molar-refractivity contribution in [2.45, 2.75) is 32.2 Å². The quantitative estimate of drug-likeness (QED) is 0.462. The Bertz CT molecular complexity index is 1030. The van der Waals surface area contributed by atoms with Gasteiger partial charge in [0, 0.05) is 24.5 Å². The molecule has 6 heteroatoms. The minimum Gasteiger partial charge on any atom is -0.399 e. The first-order chi connectivity index (χ1) is 13.7. The van der Waals surface area contributed by atoms with Crippen LogP contribution in [0.15, 0.2) is 77.7 Å². The second-order valence-electron chi connectivity index (χ2n) is 6.83. The molecule has 0 spiro atoms. The molecule has 0 fully saturated rings. The number of nitrogen functional groups attached to an aromatic ring is 1. The van der Waals surface area contributed by atoms with Gasteiger partial charge in [0.25, 0.3) is 10.1 Å². The summed E-state index contributed by atoms with van der Waals surface area (Å²) in [5.74, 6) is 0. The van der Waals surface area contributed by atoms with Crippen LogP contribution in [0.2, 0.25) is 0 Å². The van der Waals surface area contributed by atoms with Gasteiger partial charge < -0.3 is 10.6 Å². The van der Waals surface area contributed by atoms with Crippen LogP contribution in [-0.4, -0.2) is 19.5 Å². The third kappa shape index (κ3) is 6.93. The Hall–Kier alpha value is -2.83. The van der Waals surface area contributed by atoms with Gasteiger partial charge >= 0.3 is 0 Å². The van der Waals surface area contributed by atoms with Crippen molar-refractivity contribution < 1.29 is 13.0 Å². The normalized spacial score (nSPS) is 10.8. The minimum atomic E-state index is -4.10. The van der Waals surface area contributed by atoms with E-state index < -0.39 is 10.1 Å². The van der Waals surface area contributed by atoms with E-state index in [0.717, 1.165) is 13.1 Å². The van der Waals surface area contributed by atoms with Crippen molar-refractivity contribution in [1.29, 1.82) is 0 Å². The van der Waals surface area contributed by atoms with Crippen LogP contribution in [0.25, 0.3) is 0 Å². The molecule has 0 bridgehead atoms. The van der Waals surface area contributed by atoms with Crippen molar-refractivity contribution in [2.75, 3.05) is 17.2 Å². The molecule has 0 aliphatic rings. The lowest BCUT2D eigenvalue weighted by molar-refractivity contribution is 0.483. The predicted octanol–water partition coefficient (Wildman–Crippen LogP) is 4.85. The summed E-state index contributed by atoms with van der Waals surface area (Å²) in [7, 11) is -4.10. The molecular weight excluding hydrogens is 384 g/mol. The van der Waals surface area contributed by atoms with E-state index in [-0.39, 0.29) is 4.90 Å². The van der Waals surface area contributed by atoms with E-state index in [1.54, 1.807) is 6.92 Å². The second kappa shape index (κ2) is 10.1. The van der Waals surface area contributed by atoms with E-state index in [1.807, 2.05) is 0 Å². The third-order valence-electron chi connectivity index (χ3n) is 4.50. The van der Waals surface area contributed by atoms with Gasteiger partial charge in [-0.25, -0.2) is 0 Å². The van der Waals surface area contributed by atoms with Crippen molar-refractivity contribution in [3.63, 3.8) is 0 Å². The van der Waals surface area contributed by atoms with Crippen molar-refractivity contribution in [1.82, 2.24) is 0 Å². The highest BCUT2D eigenvalue weighted by molar-refractivity contribution is 7.85. The molecule has 3 rings (SSSR count). The van der Waals surface area contributed by atoms with Gasteiger partial charge in [-0.05, 0) is 67.8 Å². The van der Waals surface area contributed by atoms with Crippen LogP contribution in [0.1, 0.15) is 23.6 Å². The number of rotatable bonds is 5. The third-order valence-corrected chi connectivity index (χ3v) is 5.35. The van der Waals surface area contributed by atoms with Crippen molar-refractivity contribution in [3.05, 3.63) is 89.5 Å². The lowest BCUT2D eigenvalue weighted by Gasteiger charge is -2.23. The lowest BCUT2D eigenvalue weighted by Crippen LogP contribution is -2.21. The molecule has 0 amide bonds. The standard InChI is InChI=1S/C16H19N.C7H9NO3S/c1-3-17(13-15-9-5-4-6-10-15)16-11-7-8-14(2)12-16;1-5-4-6(12(9,10)11)2-3-7(5)8/h4-12H,3,13H2,1-2H3;2-4H,8H2,1H3,(H,9,10,11). The van der Waals surface area contributed by atoms with Crippen LogP contribution in [0.5, 0.6) is 0 Å². The van der Waals surface area contributed by atoms with Gasteiger partial charge in [-0.1, -0.05) is 42.5 Å². The molecule has 0 atom stereocenters. The number of benzene rings is 3. The highest BCUT2D eigenvalue weighted by Gasteiger charge is 2.09. The average molecular weight is 413 g/mol. The Labute approximate surface area is 173 Å². The van der Waals surface area contributed by atoms with E-state index in [2.05, 4.69) is 73.3 Å². The van der Waals surface area contributed by atoms with Gasteiger partial charge in [-0.15, -0.1) is 0 Å². The number of hydrogen-bond acceptors (Lipinski definition) is 4. The molecule has 3 aromatic rings. The fourth-order valence-corrected chi connectivity index (χ4v) is 3.39. The summed E-state index contributed by atoms with van der Waals surface area (Å²) < 4.78 is 29.9. The summed E-state index contributed by atoms with van der Waals surface area (Å²) in [5, 5.41) is 0. The molecule has 0 saturated carbocycles. The maximum absolute atomic E-state index is 10.6. The van der Waals surface area contributed by atoms with E-state index in [1.165, 1.54) is 35.0 Å². The molecule has 3 N–H and O–H groups in total. The fourth-order valence-electron chi connectivity index (χ4n) is 2.82. The Morgan fingerprint density at radius 2 is 1.62 bits per heavy atom. The molecule has 5 nitrogen and oxygen atoms in total. The molecule has 154 valence electrons. The SMILES string of the molecule is CCN(Cc1ccccc1)c1cccc(C)c1.Cc1cc(S(=O)(=O)O)ccc1N. The Balaban J connectivity index is 0.000000221. The summed E-state index contributed by atoms with van der Waals surface area (Å²) in [6.45, 7) is 8.01. The zero-order valence-electron chi connectivity index (χ0n) is 17.0. The molecule has 29 heavy (non-hydrogen) atoms. The van der Waals surface area contributed by atoms with Crippen molar-refractivity contribution >= 4 is 21.5 Å². The monoisotopic (exact) mass is 412 g/mol. The maximum atomic E-state index is 10.6. The Morgan fingerprint density at radius 3 is 2.17 bits per heavy atom. The predicted molar refractivity (Wildman–Crippen MR) is 120 cm³/mol. The number of hydrogen-bond donors (Lipinski definition) is 2. The largest absolute Gasteiger partial charge is 0.399 e. The molecule has 0 saturated heterocycles. The van der Waals surface area contributed by atoms with E-state index >= 15 is 0 Å². The number of aryl methyl sites for hydroxylation is 2. The van der Waals surface area contributed by atoms with E-state index in [4.69, 9.17) is 10.3 Å².